The second-order valence-electron chi connectivity index (χ2n) is 4.25. The highest BCUT2D eigenvalue weighted by Gasteiger charge is 2.23. The maximum absolute atomic E-state index is 5.86. The number of nitrogens with one attached hydrogen (secondary N) is 1. The van der Waals surface area contributed by atoms with Gasteiger partial charge in [-0.1, -0.05) is 0 Å². The van der Waals surface area contributed by atoms with E-state index in [-0.39, 0.29) is 0 Å². The van der Waals surface area contributed by atoms with Crippen LogP contribution in [0.4, 0.5) is 5.82 Å². The first kappa shape index (κ1) is 10.3. The molecular weight excluding hydrogens is 264 g/mol. The molecule has 0 saturated heterocycles. The molecular formula is C12H10N4S2. The van der Waals surface area contributed by atoms with Gasteiger partial charge in [-0.05, 0) is 24.3 Å². The third-order valence-electron chi connectivity index (χ3n) is 3.18. The van der Waals surface area contributed by atoms with Crippen molar-refractivity contribution >= 4 is 28.5 Å². The highest BCUT2D eigenvalue weighted by Crippen LogP contribution is 2.41. The van der Waals surface area contributed by atoms with Crippen molar-refractivity contribution in [3.05, 3.63) is 27.4 Å². The van der Waals surface area contributed by atoms with Crippen LogP contribution in [0, 0.1) is 0 Å². The van der Waals surface area contributed by atoms with Crippen molar-refractivity contribution in [2.24, 2.45) is 0 Å². The van der Waals surface area contributed by atoms with Crippen LogP contribution in [-0.2, 0) is 12.8 Å². The van der Waals surface area contributed by atoms with Crippen LogP contribution in [0.2, 0.25) is 0 Å². The molecule has 3 aromatic rings. The summed E-state index contributed by atoms with van der Waals surface area (Å²) in [5, 5.41) is 9.82. The lowest BCUT2D eigenvalue weighted by Crippen LogP contribution is -1.97. The topological polar surface area (TPSA) is 67.6 Å². The van der Waals surface area contributed by atoms with Crippen molar-refractivity contribution in [1.82, 2.24) is 15.2 Å². The number of thiophene rings is 1. The molecule has 0 atom stereocenters. The zero-order chi connectivity index (χ0) is 12.1. The van der Waals surface area contributed by atoms with Crippen LogP contribution < -0.4 is 5.73 Å². The number of thiazole rings is 1. The van der Waals surface area contributed by atoms with E-state index in [0.29, 0.717) is 5.82 Å². The minimum Gasteiger partial charge on any atom is -0.383 e. The van der Waals surface area contributed by atoms with Gasteiger partial charge in [0.2, 0.25) is 0 Å². The van der Waals surface area contributed by atoms with Crippen LogP contribution in [0.1, 0.15) is 9.75 Å². The van der Waals surface area contributed by atoms with Crippen molar-refractivity contribution in [2.75, 3.05) is 5.73 Å². The summed E-state index contributed by atoms with van der Waals surface area (Å²) in [6.45, 7) is 0. The van der Waals surface area contributed by atoms with Gasteiger partial charge in [0.1, 0.15) is 10.8 Å². The Morgan fingerprint density at radius 3 is 2.94 bits per heavy atom. The van der Waals surface area contributed by atoms with Gasteiger partial charge in [0.15, 0.2) is 0 Å². The number of aromatic nitrogens is 3. The molecule has 0 unspecified atom stereocenters. The Morgan fingerprint density at radius 1 is 1.22 bits per heavy atom. The Kier molecular flexibility index (Phi) is 2.09. The molecule has 3 N–H and O–H groups in total. The number of aromatic amines is 1. The summed E-state index contributed by atoms with van der Waals surface area (Å²) >= 11 is 3.55. The Hall–Kier alpha value is -1.66. The molecule has 4 nitrogen and oxygen atoms in total. The third kappa shape index (κ3) is 1.36. The molecule has 6 heteroatoms. The number of fused-ring (bicyclic) bond motifs is 3. The summed E-state index contributed by atoms with van der Waals surface area (Å²) in [6, 6.07) is 2.17. The van der Waals surface area contributed by atoms with Crippen LogP contribution in [0.15, 0.2) is 17.6 Å². The lowest BCUT2D eigenvalue weighted by Gasteiger charge is -2.09. The van der Waals surface area contributed by atoms with Gasteiger partial charge in [-0.25, -0.2) is 4.98 Å². The van der Waals surface area contributed by atoms with E-state index in [1.54, 1.807) is 17.5 Å². The molecule has 0 radical (unpaired) electrons. The van der Waals surface area contributed by atoms with E-state index >= 15 is 0 Å². The molecule has 3 aromatic heterocycles. The Morgan fingerprint density at radius 2 is 2.11 bits per heavy atom. The fraction of sp³-hybridized carbons (Fsp3) is 0.167. The van der Waals surface area contributed by atoms with Crippen LogP contribution >= 0.6 is 22.7 Å². The standard InChI is InChI=1S/C12H10N4S2/c13-11-7(5-14-16-11)12-15-10-6-3-4-17-8(6)1-2-9(10)18-12/h3-5H,1-2H2,(H3,13,14,16). The zero-order valence-electron chi connectivity index (χ0n) is 9.43. The van der Waals surface area contributed by atoms with E-state index < -0.39 is 0 Å². The number of nitrogens with two attached hydrogens (primary N) is 1. The highest BCUT2D eigenvalue weighted by molar-refractivity contribution is 7.15. The molecule has 0 aromatic carbocycles. The normalized spacial score (nSPS) is 13.3. The van der Waals surface area contributed by atoms with Gasteiger partial charge in [0.25, 0.3) is 0 Å². The van der Waals surface area contributed by atoms with E-state index in [2.05, 4.69) is 21.6 Å². The van der Waals surface area contributed by atoms with Crippen LogP contribution in [0.25, 0.3) is 21.8 Å². The quantitative estimate of drug-likeness (QED) is 0.717. The highest BCUT2D eigenvalue weighted by atomic mass is 32.1. The number of nitrogen functional groups attached to an aromatic ring is 1. The zero-order valence-corrected chi connectivity index (χ0v) is 11.1. The Bertz CT molecular complexity index is 722. The lowest BCUT2D eigenvalue weighted by atomic mass is 10.0. The van der Waals surface area contributed by atoms with Crippen LogP contribution in [0.3, 0.4) is 0 Å². The maximum atomic E-state index is 5.86. The van der Waals surface area contributed by atoms with Crippen LogP contribution in [-0.4, -0.2) is 15.2 Å². The van der Waals surface area contributed by atoms with Crippen molar-refractivity contribution in [1.29, 1.82) is 0 Å². The molecule has 18 heavy (non-hydrogen) atoms. The second-order valence-corrected chi connectivity index (χ2v) is 6.33. The summed E-state index contributed by atoms with van der Waals surface area (Å²) in [7, 11) is 0. The van der Waals surface area contributed by atoms with E-state index in [1.807, 2.05) is 11.3 Å². The number of nitrogens with zero attached hydrogens (tertiary/aromatic N) is 2. The average Bonchev–Trinajstić information content (AvgIpc) is 3.04. The second kappa shape index (κ2) is 3.66. The summed E-state index contributed by atoms with van der Waals surface area (Å²) in [5.74, 6) is 0.589. The number of aryl methyl sites for hydroxylation is 2. The minimum absolute atomic E-state index is 0.589. The number of H-pyrrole nitrogens is 1. The number of hydrogen-bond donors (Lipinski definition) is 2. The van der Waals surface area contributed by atoms with Gasteiger partial charge in [-0.3, -0.25) is 5.10 Å². The molecule has 90 valence electrons. The van der Waals surface area contributed by atoms with Gasteiger partial charge in [-0.15, -0.1) is 22.7 Å². The monoisotopic (exact) mass is 274 g/mol. The summed E-state index contributed by atoms with van der Waals surface area (Å²) in [4.78, 5) is 7.55. The first-order valence-corrected chi connectivity index (χ1v) is 7.38. The molecule has 1 aliphatic rings. The molecule has 1 aliphatic carbocycles. The molecule has 3 heterocycles. The Labute approximate surface area is 112 Å². The first-order chi connectivity index (χ1) is 8.83. The molecule has 0 fully saturated rings. The predicted octanol–water partition coefficient (Wildman–Crippen LogP) is 2.94. The van der Waals surface area contributed by atoms with E-state index in [1.165, 1.54) is 15.3 Å². The fourth-order valence-electron chi connectivity index (χ4n) is 2.29. The van der Waals surface area contributed by atoms with Crippen molar-refractivity contribution in [3.8, 4) is 21.8 Å². The lowest BCUT2D eigenvalue weighted by molar-refractivity contribution is 0.979. The maximum Gasteiger partial charge on any atom is 0.129 e. The molecule has 0 spiro atoms. The molecule has 0 amide bonds. The van der Waals surface area contributed by atoms with Gasteiger partial charge in [0, 0.05) is 15.3 Å². The van der Waals surface area contributed by atoms with E-state index in [4.69, 9.17) is 10.7 Å². The fourth-order valence-corrected chi connectivity index (χ4v) is 4.26. The third-order valence-corrected chi connectivity index (χ3v) is 5.31. The van der Waals surface area contributed by atoms with Crippen molar-refractivity contribution < 1.29 is 0 Å². The average molecular weight is 274 g/mol. The molecule has 0 aliphatic heterocycles. The Balaban J connectivity index is 1.90. The van der Waals surface area contributed by atoms with Crippen LogP contribution in [0.5, 0.6) is 0 Å². The number of hydrogen-bond acceptors (Lipinski definition) is 5. The van der Waals surface area contributed by atoms with E-state index in [0.717, 1.165) is 29.1 Å². The SMILES string of the molecule is Nc1[nH]ncc1-c1nc2c(s1)CCc1sccc1-2. The van der Waals surface area contributed by atoms with Gasteiger partial charge < -0.3 is 5.73 Å². The van der Waals surface area contributed by atoms with Crippen molar-refractivity contribution in [3.63, 3.8) is 0 Å². The smallest absolute Gasteiger partial charge is 0.129 e. The number of rotatable bonds is 1. The summed E-state index contributed by atoms with van der Waals surface area (Å²) < 4.78 is 0. The molecule has 0 saturated carbocycles. The van der Waals surface area contributed by atoms with E-state index in [9.17, 15) is 0 Å². The summed E-state index contributed by atoms with van der Waals surface area (Å²) in [5.41, 5.74) is 9.20. The molecule has 4 rings (SSSR count). The number of anilines is 1. The van der Waals surface area contributed by atoms with Gasteiger partial charge >= 0.3 is 0 Å². The van der Waals surface area contributed by atoms with Crippen molar-refractivity contribution in [2.45, 2.75) is 12.8 Å². The molecule has 0 bridgehead atoms. The predicted molar refractivity (Wildman–Crippen MR) is 74.8 cm³/mol. The minimum atomic E-state index is 0.589. The largest absolute Gasteiger partial charge is 0.383 e. The van der Waals surface area contributed by atoms with Gasteiger partial charge in [0.05, 0.1) is 17.5 Å². The summed E-state index contributed by atoms with van der Waals surface area (Å²) in [6.07, 6.45) is 3.95. The first-order valence-electron chi connectivity index (χ1n) is 5.68. The van der Waals surface area contributed by atoms with Gasteiger partial charge in [-0.2, -0.15) is 5.10 Å².